The van der Waals surface area contributed by atoms with Gasteiger partial charge in [0, 0.05) is 23.4 Å². The van der Waals surface area contributed by atoms with Gasteiger partial charge in [0.2, 0.25) is 0 Å². The molecule has 88 valence electrons. The number of halogens is 1. The predicted octanol–water partition coefficient (Wildman–Crippen LogP) is -2.81. The second-order valence-electron chi connectivity index (χ2n) is 3.57. The maximum Gasteiger partial charge on any atom is 1.00 e. The van der Waals surface area contributed by atoms with E-state index in [-0.39, 0.29) is 42.5 Å². The number of nitrogens with zero attached hydrogens (tertiary/aromatic N) is 1. The first-order chi connectivity index (χ1) is 8.00. The van der Waals surface area contributed by atoms with Crippen LogP contribution in [0.1, 0.15) is 27.1 Å². The van der Waals surface area contributed by atoms with Gasteiger partial charge in [-0.05, 0) is 18.2 Å². The smallest absolute Gasteiger partial charge is 0.550 e. The van der Waals surface area contributed by atoms with E-state index in [1.807, 2.05) is 0 Å². The molecule has 2 amide bonds. The van der Waals surface area contributed by atoms with Gasteiger partial charge in [0.1, 0.15) is 0 Å². The molecular formula is C11H7BrNNaO4. The van der Waals surface area contributed by atoms with Crippen LogP contribution in [0.2, 0.25) is 0 Å². The van der Waals surface area contributed by atoms with Crippen LogP contribution in [-0.2, 0) is 4.79 Å². The quantitative estimate of drug-likeness (QED) is 0.445. The fraction of sp³-hybridized carbons (Fsp3) is 0.182. The number of hydrogen-bond acceptors (Lipinski definition) is 4. The van der Waals surface area contributed by atoms with Gasteiger partial charge in [-0.3, -0.25) is 14.5 Å². The van der Waals surface area contributed by atoms with Gasteiger partial charge in [0.15, 0.2) is 0 Å². The number of carboxylic acid groups (broad SMARTS) is 1. The molecule has 0 radical (unpaired) electrons. The van der Waals surface area contributed by atoms with Crippen molar-refractivity contribution in [1.82, 2.24) is 4.90 Å². The molecule has 0 unspecified atom stereocenters. The maximum absolute atomic E-state index is 11.8. The van der Waals surface area contributed by atoms with Crippen LogP contribution in [0.4, 0.5) is 0 Å². The van der Waals surface area contributed by atoms with Gasteiger partial charge >= 0.3 is 29.6 Å². The fourth-order valence-electron chi connectivity index (χ4n) is 1.67. The van der Waals surface area contributed by atoms with Crippen molar-refractivity contribution in [2.24, 2.45) is 0 Å². The summed E-state index contributed by atoms with van der Waals surface area (Å²) < 4.78 is 0.694. The van der Waals surface area contributed by atoms with Gasteiger partial charge in [-0.15, -0.1) is 0 Å². The Hall–Kier alpha value is -0.690. The Balaban J connectivity index is 0.00000162. The first kappa shape index (κ1) is 15.4. The van der Waals surface area contributed by atoms with E-state index in [2.05, 4.69) is 15.9 Å². The molecule has 0 aromatic heterocycles. The number of hydrogen-bond donors (Lipinski definition) is 0. The minimum Gasteiger partial charge on any atom is -0.550 e. The minimum atomic E-state index is -1.29. The molecule has 1 aliphatic rings. The van der Waals surface area contributed by atoms with Gasteiger partial charge in [0.25, 0.3) is 11.8 Å². The second-order valence-corrected chi connectivity index (χ2v) is 4.49. The molecule has 0 atom stereocenters. The van der Waals surface area contributed by atoms with Crippen LogP contribution < -0.4 is 34.7 Å². The molecule has 1 heterocycles. The summed E-state index contributed by atoms with van der Waals surface area (Å²) in [4.78, 5) is 34.9. The van der Waals surface area contributed by atoms with Crippen molar-refractivity contribution in [3.63, 3.8) is 0 Å². The Morgan fingerprint density at radius 3 is 2.44 bits per heavy atom. The van der Waals surface area contributed by atoms with E-state index in [0.29, 0.717) is 15.6 Å². The molecule has 1 aliphatic heterocycles. The van der Waals surface area contributed by atoms with Crippen LogP contribution in [-0.4, -0.2) is 29.2 Å². The summed E-state index contributed by atoms with van der Waals surface area (Å²) in [5.74, 6) is -2.21. The third-order valence-electron chi connectivity index (χ3n) is 2.47. The van der Waals surface area contributed by atoms with Crippen LogP contribution in [0, 0.1) is 0 Å². The summed E-state index contributed by atoms with van der Waals surface area (Å²) >= 11 is 3.21. The molecule has 7 heteroatoms. The molecule has 0 spiro atoms. The van der Waals surface area contributed by atoms with E-state index in [1.54, 1.807) is 18.2 Å². The van der Waals surface area contributed by atoms with Crippen molar-refractivity contribution in [3.8, 4) is 0 Å². The van der Waals surface area contributed by atoms with Crippen LogP contribution >= 0.6 is 15.9 Å². The Bertz CT molecular complexity index is 532. The number of benzene rings is 1. The zero-order valence-corrected chi connectivity index (χ0v) is 13.2. The van der Waals surface area contributed by atoms with E-state index >= 15 is 0 Å². The van der Waals surface area contributed by atoms with Crippen LogP contribution in [0.3, 0.4) is 0 Å². The Kier molecular flexibility index (Phi) is 5.10. The summed E-state index contributed by atoms with van der Waals surface area (Å²) in [6, 6.07) is 4.75. The zero-order chi connectivity index (χ0) is 12.6. The van der Waals surface area contributed by atoms with Gasteiger partial charge in [-0.25, -0.2) is 0 Å². The monoisotopic (exact) mass is 319 g/mol. The van der Waals surface area contributed by atoms with E-state index in [0.717, 1.165) is 4.90 Å². The topological polar surface area (TPSA) is 77.5 Å². The van der Waals surface area contributed by atoms with Crippen molar-refractivity contribution >= 4 is 33.7 Å². The van der Waals surface area contributed by atoms with Gasteiger partial charge in [0.05, 0.1) is 11.1 Å². The summed E-state index contributed by atoms with van der Waals surface area (Å²) in [6.07, 6.45) is -0.355. The molecule has 5 nitrogen and oxygen atoms in total. The molecule has 1 aromatic rings. The third kappa shape index (κ3) is 2.83. The first-order valence-electron chi connectivity index (χ1n) is 4.86. The van der Waals surface area contributed by atoms with Crippen molar-refractivity contribution < 1.29 is 49.0 Å². The van der Waals surface area contributed by atoms with Crippen LogP contribution in [0.5, 0.6) is 0 Å². The molecule has 0 fully saturated rings. The average molecular weight is 320 g/mol. The maximum atomic E-state index is 11.8. The van der Waals surface area contributed by atoms with Gasteiger partial charge in [-0.2, -0.15) is 0 Å². The molecular weight excluding hydrogens is 313 g/mol. The third-order valence-corrected chi connectivity index (χ3v) is 2.97. The van der Waals surface area contributed by atoms with Crippen LogP contribution in [0.15, 0.2) is 22.7 Å². The second kappa shape index (κ2) is 5.97. The molecule has 0 N–H and O–H groups in total. The fourth-order valence-corrected chi connectivity index (χ4v) is 2.03. The molecule has 0 aliphatic carbocycles. The number of carboxylic acids is 1. The Morgan fingerprint density at radius 2 is 1.83 bits per heavy atom. The standard InChI is InChI=1S/C11H8BrNO4.Na/c12-6-1-2-7-8(5-6)11(17)13(10(7)16)4-3-9(14)15;/h1-2,5H,3-4H2,(H,14,15);/q;+1/p-1. The Labute approximate surface area is 134 Å². The van der Waals surface area contributed by atoms with Crippen molar-refractivity contribution in [2.45, 2.75) is 6.42 Å². The van der Waals surface area contributed by atoms with Gasteiger partial charge in [-0.1, -0.05) is 15.9 Å². The molecule has 0 saturated heterocycles. The number of rotatable bonds is 3. The number of fused-ring (bicyclic) bond motifs is 1. The average Bonchev–Trinajstić information content (AvgIpc) is 2.49. The largest absolute Gasteiger partial charge is 1.00 e. The number of aliphatic carboxylic acids is 1. The van der Waals surface area contributed by atoms with E-state index in [4.69, 9.17) is 0 Å². The number of imide groups is 1. The number of amides is 2. The molecule has 0 bridgehead atoms. The normalized spacial score (nSPS) is 13.3. The Morgan fingerprint density at radius 1 is 1.22 bits per heavy atom. The SMILES string of the molecule is O=C([O-])CCN1C(=O)c2ccc(Br)cc2C1=O.[Na+]. The van der Waals surface area contributed by atoms with E-state index in [1.165, 1.54) is 0 Å². The first-order valence-corrected chi connectivity index (χ1v) is 5.65. The minimum absolute atomic E-state index is 0. The molecule has 1 aromatic carbocycles. The van der Waals surface area contributed by atoms with Crippen LogP contribution in [0.25, 0.3) is 0 Å². The summed E-state index contributed by atoms with van der Waals surface area (Å²) in [5.41, 5.74) is 0.597. The van der Waals surface area contributed by atoms with Crippen molar-refractivity contribution in [3.05, 3.63) is 33.8 Å². The summed E-state index contributed by atoms with van der Waals surface area (Å²) in [5, 5.41) is 10.3. The van der Waals surface area contributed by atoms with Crippen molar-refractivity contribution in [2.75, 3.05) is 6.54 Å². The predicted molar refractivity (Wildman–Crippen MR) is 59.1 cm³/mol. The molecule has 0 saturated carbocycles. The van der Waals surface area contributed by atoms with E-state index < -0.39 is 17.8 Å². The molecule has 2 rings (SSSR count). The number of carbonyl (C=O) groups is 3. The number of carbonyl (C=O) groups excluding carboxylic acids is 3. The summed E-state index contributed by atoms with van der Waals surface area (Å²) in [7, 11) is 0. The van der Waals surface area contributed by atoms with Gasteiger partial charge < -0.3 is 9.90 Å². The van der Waals surface area contributed by atoms with Crippen molar-refractivity contribution in [1.29, 1.82) is 0 Å². The zero-order valence-electron chi connectivity index (χ0n) is 9.60. The van der Waals surface area contributed by atoms with E-state index in [9.17, 15) is 19.5 Å². The molecule has 18 heavy (non-hydrogen) atoms. The summed E-state index contributed by atoms with van der Waals surface area (Å²) in [6.45, 7) is -0.160.